The number of allylic oxidation sites excluding steroid dienone is 2. The summed E-state index contributed by atoms with van der Waals surface area (Å²) in [6, 6.07) is 12.7. The summed E-state index contributed by atoms with van der Waals surface area (Å²) in [5.41, 5.74) is 1.74. The van der Waals surface area contributed by atoms with Gasteiger partial charge in [-0.2, -0.15) is 0 Å². The van der Waals surface area contributed by atoms with Crippen LogP contribution in [-0.4, -0.2) is 19.5 Å². The van der Waals surface area contributed by atoms with E-state index in [9.17, 15) is 8.78 Å². The van der Waals surface area contributed by atoms with E-state index in [-0.39, 0.29) is 36.2 Å². The molecule has 0 aliphatic carbocycles. The number of aryl methyl sites for hydroxylation is 1. The first kappa shape index (κ1) is 30.0. The Morgan fingerprint density at radius 1 is 0.725 bits per heavy atom. The molecule has 0 spiro atoms. The largest absolute Gasteiger partial charge is 0.352 e. The van der Waals surface area contributed by atoms with Crippen molar-refractivity contribution in [1.29, 1.82) is 0 Å². The average Bonchev–Trinajstić information content (AvgIpc) is 2.97. The molecule has 1 aliphatic heterocycles. The average molecular weight is 555 g/mol. The smallest absolute Gasteiger partial charge is 0.166 e. The number of rotatable bonds is 12. The molecule has 6 heteroatoms. The van der Waals surface area contributed by atoms with Crippen LogP contribution >= 0.6 is 0 Å². The van der Waals surface area contributed by atoms with Crippen LogP contribution in [0.5, 0.6) is 0 Å². The van der Waals surface area contributed by atoms with Crippen LogP contribution < -0.4 is 0 Å². The van der Waals surface area contributed by atoms with Crippen LogP contribution in [0.2, 0.25) is 0 Å². The zero-order chi connectivity index (χ0) is 28.5. The fraction of sp³-hybridized carbons (Fsp3) is 0.412. The monoisotopic (exact) mass is 554 g/mol. The van der Waals surface area contributed by atoms with Gasteiger partial charge in [-0.25, -0.2) is 17.6 Å². The first-order chi connectivity index (χ1) is 19.4. The van der Waals surface area contributed by atoms with Crippen LogP contribution in [0.25, 0.3) is 22.3 Å². The van der Waals surface area contributed by atoms with Gasteiger partial charge in [0.05, 0.1) is 13.2 Å². The van der Waals surface area contributed by atoms with Crippen molar-refractivity contribution in [3.05, 3.63) is 95.1 Å². The van der Waals surface area contributed by atoms with Crippen molar-refractivity contribution in [2.75, 3.05) is 13.2 Å². The standard InChI is InChI=1S/C34H38F4O2/c1-3-5-7-8-10-11-25-17-18-27(32(36)31(25)35)23-13-15-24(16-14-23)28-19-20-29(34(38)33(28)37)26-21-39-30(40-22-26)12-9-6-4-2/h4,6,13-20,26,30H,3,5,7-12,21-22H2,1-2H3/b6-4+. The Labute approximate surface area is 235 Å². The molecular formula is C34H38F4O2. The molecule has 40 heavy (non-hydrogen) atoms. The van der Waals surface area contributed by atoms with E-state index in [2.05, 4.69) is 6.92 Å². The molecule has 0 atom stereocenters. The van der Waals surface area contributed by atoms with E-state index in [4.69, 9.17) is 9.47 Å². The number of halogens is 4. The van der Waals surface area contributed by atoms with E-state index >= 15 is 8.78 Å². The number of benzene rings is 3. The second kappa shape index (κ2) is 14.6. The predicted molar refractivity (Wildman–Crippen MR) is 152 cm³/mol. The number of hydrogen-bond donors (Lipinski definition) is 0. The third-order valence-electron chi connectivity index (χ3n) is 7.54. The lowest BCUT2D eigenvalue weighted by atomic mass is 9.94. The molecular weight excluding hydrogens is 516 g/mol. The summed E-state index contributed by atoms with van der Waals surface area (Å²) in [6.45, 7) is 4.59. The van der Waals surface area contributed by atoms with Crippen molar-refractivity contribution in [3.63, 3.8) is 0 Å². The molecule has 0 aromatic heterocycles. The number of hydrogen-bond acceptors (Lipinski definition) is 2. The second-order valence-corrected chi connectivity index (χ2v) is 10.4. The van der Waals surface area contributed by atoms with E-state index in [1.54, 1.807) is 42.5 Å². The molecule has 1 fully saturated rings. The normalized spacial score (nSPS) is 17.6. The number of unbranched alkanes of at least 4 members (excludes halogenated alkanes) is 4. The van der Waals surface area contributed by atoms with Crippen LogP contribution in [0.15, 0.2) is 60.7 Å². The van der Waals surface area contributed by atoms with Gasteiger partial charge in [0.1, 0.15) is 0 Å². The molecule has 0 unspecified atom stereocenters. The summed E-state index contributed by atoms with van der Waals surface area (Å²) in [5, 5.41) is 0. The highest BCUT2D eigenvalue weighted by molar-refractivity contribution is 5.71. The molecule has 1 aliphatic rings. The fourth-order valence-corrected chi connectivity index (χ4v) is 5.14. The van der Waals surface area contributed by atoms with Gasteiger partial charge in [0.25, 0.3) is 0 Å². The highest BCUT2D eigenvalue weighted by Gasteiger charge is 2.27. The Kier molecular flexibility index (Phi) is 11.0. The van der Waals surface area contributed by atoms with Crippen molar-refractivity contribution in [2.24, 2.45) is 0 Å². The van der Waals surface area contributed by atoms with E-state index < -0.39 is 29.2 Å². The Hall–Kier alpha value is -2.96. The summed E-state index contributed by atoms with van der Waals surface area (Å²) >= 11 is 0. The van der Waals surface area contributed by atoms with Crippen molar-refractivity contribution >= 4 is 0 Å². The molecule has 2 nitrogen and oxygen atoms in total. The first-order valence-electron chi connectivity index (χ1n) is 14.3. The van der Waals surface area contributed by atoms with Gasteiger partial charge in [-0.05, 0) is 48.4 Å². The molecule has 1 saturated heterocycles. The molecule has 1 heterocycles. The summed E-state index contributed by atoms with van der Waals surface area (Å²) in [7, 11) is 0. The maximum atomic E-state index is 15.2. The minimum Gasteiger partial charge on any atom is -0.352 e. The summed E-state index contributed by atoms with van der Waals surface area (Å²) in [4.78, 5) is 0. The molecule has 0 saturated carbocycles. The van der Waals surface area contributed by atoms with E-state index in [1.165, 1.54) is 6.07 Å². The maximum absolute atomic E-state index is 15.2. The third kappa shape index (κ3) is 7.21. The van der Waals surface area contributed by atoms with Crippen LogP contribution in [0.4, 0.5) is 17.6 Å². The third-order valence-corrected chi connectivity index (χ3v) is 7.54. The highest BCUT2D eigenvalue weighted by atomic mass is 19.2. The summed E-state index contributed by atoms with van der Waals surface area (Å²) in [6.07, 6.45) is 10.9. The van der Waals surface area contributed by atoms with Gasteiger partial charge >= 0.3 is 0 Å². The molecule has 0 amide bonds. The Bertz CT molecular complexity index is 1280. The van der Waals surface area contributed by atoms with Gasteiger partial charge in [-0.3, -0.25) is 0 Å². The van der Waals surface area contributed by atoms with Gasteiger partial charge in [0, 0.05) is 23.5 Å². The lowest BCUT2D eigenvalue weighted by Gasteiger charge is -2.30. The Morgan fingerprint density at radius 2 is 1.32 bits per heavy atom. The van der Waals surface area contributed by atoms with Crippen LogP contribution in [-0.2, 0) is 15.9 Å². The van der Waals surface area contributed by atoms with E-state index in [1.807, 2.05) is 19.1 Å². The molecule has 214 valence electrons. The maximum Gasteiger partial charge on any atom is 0.166 e. The molecule has 4 rings (SSSR count). The van der Waals surface area contributed by atoms with Gasteiger partial charge in [0.2, 0.25) is 0 Å². The first-order valence-corrected chi connectivity index (χ1v) is 14.3. The van der Waals surface area contributed by atoms with Crippen molar-refractivity contribution < 1.29 is 27.0 Å². The zero-order valence-electron chi connectivity index (χ0n) is 23.3. The lowest BCUT2D eigenvalue weighted by molar-refractivity contribution is -0.189. The van der Waals surface area contributed by atoms with Gasteiger partial charge in [-0.15, -0.1) is 0 Å². The second-order valence-electron chi connectivity index (χ2n) is 10.4. The molecule has 0 bridgehead atoms. The predicted octanol–water partition coefficient (Wildman–Crippen LogP) is 9.90. The van der Waals surface area contributed by atoms with Gasteiger partial charge < -0.3 is 9.47 Å². The van der Waals surface area contributed by atoms with Crippen molar-refractivity contribution in [3.8, 4) is 22.3 Å². The highest BCUT2D eigenvalue weighted by Crippen LogP contribution is 2.34. The van der Waals surface area contributed by atoms with Crippen LogP contribution in [0.1, 0.15) is 75.8 Å². The lowest BCUT2D eigenvalue weighted by Crippen LogP contribution is -2.31. The van der Waals surface area contributed by atoms with E-state index in [0.29, 0.717) is 29.5 Å². The Balaban J connectivity index is 1.44. The number of ether oxygens (including phenoxy) is 2. The molecule has 0 N–H and O–H groups in total. The van der Waals surface area contributed by atoms with E-state index in [0.717, 1.165) is 38.5 Å². The quantitative estimate of drug-likeness (QED) is 0.126. The molecule has 3 aromatic carbocycles. The SMILES string of the molecule is C/C=C/CCC1OCC(c2ccc(-c3ccc(-c4ccc(CCCCCCC)c(F)c4F)cc3)c(F)c2F)CO1. The van der Waals surface area contributed by atoms with Gasteiger partial charge in [0.15, 0.2) is 29.6 Å². The van der Waals surface area contributed by atoms with Crippen LogP contribution in [0.3, 0.4) is 0 Å². The minimum atomic E-state index is -0.957. The van der Waals surface area contributed by atoms with Crippen LogP contribution in [0, 0.1) is 23.3 Å². The molecule has 0 radical (unpaired) electrons. The topological polar surface area (TPSA) is 18.5 Å². The van der Waals surface area contributed by atoms with Gasteiger partial charge in [-0.1, -0.05) is 93.3 Å². The fourth-order valence-electron chi connectivity index (χ4n) is 5.14. The van der Waals surface area contributed by atoms with Crippen molar-refractivity contribution in [2.45, 2.75) is 77.4 Å². The molecule has 3 aromatic rings. The summed E-state index contributed by atoms with van der Waals surface area (Å²) in [5.74, 6) is -3.99. The summed E-state index contributed by atoms with van der Waals surface area (Å²) < 4.78 is 71.4. The van der Waals surface area contributed by atoms with Crippen molar-refractivity contribution in [1.82, 2.24) is 0 Å². The Morgan fingerprint density at radius 3 is 1.95 bits per heavy atom. The minimum absolute atomic E-state index is 0.0970. The zero-order valence-corrected chi connectivity index (χ0v) is 23.3.